The zero-order valence-corrected chi connectivity index (χ0v) is 19.7. The van der Waals surface area contributed by atoms with Gasteiger partial charge >= 0.3 is 12.1 Å². The van der Waals surface area contributed by atoms with Gasteiger partial charge in [0, 0.05) is 19.7 Å². The van der Waals surface area contributed by atoms with Crippen LogP contribution in [0.25, 0.3) is 0 Å². The van der Waals surface area contributed by atoms with Gasteiger partial charge in [0.25, 0.3) is 0 Å². The van der Waals surface area contributed by atoms with Crippen molar-refractivity contribution in [1.82, 2.24) is 15.7 Å². The second kappa shape index (κ2) is 14.5. The van der Waals surface area contributed by atoms with E-state index in [1.165, 1.54) is 7.11 Å². The van der Waals surface area contributed by atoms with Gasteiger partial charge in [0.15, 0.2) is 0 Å². The molecule has 0 aliphatic heterocycles. The summed E-state index contributed by atoms with van der Waals surface area (Å²) in [4.78, 5) is 23.1. The average Bonchev–Trinajstić information content (AvgIpc) is 2.81. The Kier molecular flexibility index (Phi) is 12.4. The van der Waals surface area contributed by atoms with Crippen molar-refractivity contribution >= 4 is 17.7 Å². The largest absolute Gasteiger partial charge is 0.494 e. The first kappa shape index (κ1) is 27.5. The van der Waals surface area contributed by atoms with E-state index in [1.54, 1.807) is 31.4 Å². The topological polar surface area (TPSA) is 124 Å². The zero-order chi connectivity index (χ0) is 24.1. The Bertz CT molecular complexity index is 703. The molecular formula is C22H38N4O6. The van der Waals surface area contributed by atoms with Gasteiger partial charge in [0.2, 0.25) is 0 Å². The Labute approximate surface area is 190 Å². The third-order valence-corrected chi connectivity index (χ3v) is 4.94. The highest BCUT2D eigenvalue weighted by atomic mass is 16.5. The lowest BCUT2D eigenvalue weighted by atomic mass is 9.92. The lowest BCUT2D eigenvalue weighted by Gasteiger charge is -2.35. The van der Waals surface area contributed by atoms with Crippen molar-refractivity contribution in [2.24, 2.45) is 0 Å². The molecule has 1 fully saturated rings. The molecule has 1 aromatic rings. The first-order valence-corrected chi connectivity index (χ1v) is 11.0. The number of carbonyl (C=O) groups is 2. The number of rotatable bonds is 7. The van der Waals surface area contributed by atoms with Crippen molar-refractivity contribution in [2.75, 3.05) is 25.8 Å². The molecule has 32 heavy (non-hydrogen) atoms. The number of anilines is 1. The molecule has 4 amide bonds. The number of amides is 4. The minimum atomic E-state index is -0.584. The molecular weight excluding hydrogens is 416 g/mol. The van der Waals surface area contributed by atoms with E-state index in [1.807, 2.05) is 20.8 Å². The molecule has 10 heteroatoms. The summed E-state index contributed by atoms with van der Waals surface area (Å²) < 4.78 is 10.3. The Morgan fingerprint density at radius 1 is 1.12 bits per heavy atom. The van der Waals surface area contributed by atoms with Crippen molar-refractivity contribution in [1.29, 1.82) is 0 Å². The maximum absolute atomic E-state index is 11.6. The van der Waals surface area contributed by atoms with Gasteiger partial charge in [0.1, 0.15) is 11.4 Å². The van der Waals surface area contributed by atoms with Crippen LogP contribution in [-0.4, -0.2) is 66.5 Å². The second-order valence-electron chi connectivity index (χ2n) is 7.79. The smallest absolute Gasteiger partial charge is 0.346 e. The summed E-state index contributed by atoms with van der Waals surface area (Å²) >= 11 is 0. The highest BCUT2D eigenvalue weighted by Gasteiger charge is 2.32. The Morgan fingerprint density at radius 3 is 2.38 bits per heavy atom. The van der Waals surface area contributed by atoms with Gasteiger partial charge in [0.05, 0.1) is 19.3 Å². The van der Waals surface area contributed by atoms with E-state index in [0.717, 1.165) is 37.2 Å². The minimum Gasteiger partial charge on any atom is -0.494 e. The molecule has 1 aliphatic carbocycles. The number of urea groups is 2. The van der Waals surface area contributed by atoms with Gasteiger partial charge in [-0.15, -0.1) is 0 Å². The van der Waals surface area contributed by atoms with E-state index in [2.05, 4.69) is 10.6 Å². The predicted octanol–water partition coefficient (Wildman–Crippen LogP) is 3.76. The van der Waals surface area contributed by atoms with Crippen LogP contribution in [0.3, 0.4) is 0 Å². The van der Waals surface area contributed by atoms with Crippen molar-refractivity contribution < 1.29 is 29.5 Å². The van der Waals surface area contributed by atoms with Crippen molar-refractivity contribution in [3.05, 3.63) is 24.3 Å². The van der Waals surface area contributed by atoms with Crippen LogP contribution in [0.2, 0.25) is 0 Å². The van der Waals surface area contributed by atoms with Crippen molar-refractivity contribution in [3.63, 3.8) is 0 Å². The maximum Gasteiger partial charge on any atom is 0.346 e. The number of methoxy groups -OCH3 is 2. The highest BCUT2D eigenvalue weighted by molar-refractivity contribution is 5.91. The summed E-state index contributed by atoms with van der Waals surface area (Å²) in [5.74, 6) is 0.434. The summed E-state index contributed by atoms with van der Waals surface area (Å²) in [5.41, 5.74) is 0.308. The number of hydrogen-bond donors (Lipinski definition) is 4. The van der Waals surface area contributed by atoms with E-state index in [0.29, 0.717) is 23.0 Å². The highest BCUT2D eigenvalue weighted by Crippen LogP contribution is 2.26. The van der Waals surface area contributed by atoms with Crippen LogP contribution < -0.4 is 20.4 Å². The molecule has 10 nitrogen and oxygen atoms in total. The summed E-state index contributed by atoms with van der Waals surface area (Å²) in [7, 11) is 3.10. The van der Waals surface area contributed by atoms with E-state index in [4.69, 9.17) is 9.47 Å². The normalized spacial score (nSPS) is 17.6. The molecule has 1 aromatic carbocycles. The summed E-state index contributed by atoms with van der Waals surface area (Å²) in [6, 6.07) is 5.47. The maximum atomic E-state index is 11.6. The molecule has 2 unspecified atom stereocenters. The Morgan fingerprint density at radius 2 is 1.78 bits per heavy atom. The third kappa shape index (κ3) is 8.52. The number of nitrogens with one attached hydrogen (secondary N) is 2. The molecule has 2 atom stereocenters. The lowest BCUT2D eigenvalue weighted by molar-refractivity contribution is -0.130. The number of ether oxygens (including phenoxy) is 2. The SMILES string of the molecule is CCCNC(=O)N(O)C1CCCCC1OC.COc1ccccc1N(O)C(=O)NC(C)C. The molecule has 182 valence electrons. The monoisotopic (exact) mass is 454 g/mol. The number of para-hydroxylation sites is 2. The van der Waals surface area contributed by atoms with Crippen molar-refractivity contribution in [2.45, 2.75) is 71.1 Å². The molecule has 0 aromatic heterocycles. The van der Waals surface area contributed by atoms with Gasteiger partial charge < -0.3 is 20.1 Å². The van der Waals surface area contributed by atoms with Gasteiger partial charge in [-0.1, -0.05) is 31.9 Å². The van der Waals surface area contributed by atoms with Crippen LogP contribution in [0.15, 0.2) is 24.3 Å². The third-order valence-electron chi connectivity index (χ3n) is 4.94. The van der Waals surface area contributed by atoms with Crippen LogP contribution in [0.4, 0.5) is 15.3 Å². The first-order chi connectivity index (χ1) is 15.3. The van der Waals surface area contributed by atoms with Gasteiger partial charge in [-0.25, -0.2) is 14.7 Å². The van der Waals surface area contributed by atoms with Crippen LogP contribution in [0.5, 0.6) is 5.75 Å². The van der Waals surface area contributed by atoms with E-state index >= 15 is 0 Å². The van der Waals surface area contributed by atoms with Gasteiger partial charge in [-0.2, -0.15) is 5.06 Å². The zero-order valence-electron chi connectivity index (χ0n) is 19.7. The predicted molar refractivity (Wildman–Crippen MR) is 121 cm³/mol. The fraction of sp³-hybridized carbons (Fsp3) is 0.636. The second-order valence-corrected chi connectivity index (χ2v) is 7.79. The fourth-order valence-corrected chi connectivity index (χ4v) is 3.32. The van der Waals surface area contributed by atoms with Crippen LogP contribution in [-0.2, 0) is 4.74 Å². The quantitative estimate of drug-likeness (QED) is 0.367. The standard InChI is InChI=1S/C11H16N2O3.C11H22N2O3/c1-8(2)12-11(14)13(15)9-6-4-5-7-10(9)16-3;1-3-8-12-11(14)13(15)9-6-4-5-7-10(9)16-2/h4-8,15H,1-3H3,(H,12,14);9-10,15H,3-8H2,1-2H3,(H,12,14). The van der Waals surface area contributed by atoms with Gasteiger partial charge in [-0.05, 0) is 45.2 Å². The molecule has 0 heterocycles. The van der Waals surface area contributed by atoms with Crippen LogP contribution >= 0.6 is 0 Å². The first-order valence-electron chi connectivity index (χ1n) is 11.0. The molecule has 1 saturated carbocycles. The number of carbonyl (C=O) groups excluding carboxylic acids is 2. The van der Waals surface area contributed by atoms with Crippen molar-refractivity contribution in [3.8, 4) is 5.75 Å². The lowest BCUT2D eigenvalue weighted by Crippen LogP contribution is -2.51. The number of hydroxylamine groups is 3. The number of hydrogen-bond acceptors (Lipinski definition) is 6. The van der Waals surface area contributed by atoms with Gasteiger partial charge in [-0.3, -0.25) is 10.4 Å². The molecule has 4 N–H and O–H groups in total. The minimum absolute atomic E-state index is 0.0446. The van der Waals surface area contributed by atoms with Crippen LogP contribution in [0, 0.1) is 0 Å². The van der Waals surface area contributed by atoms with E-state index in [-0.39, 0.29) is 18.2 Å². The fourth-order valence-electron chi connectivity index (χ4n) is 3.32. The summed E-state index contributed by atoms with van der Waals surface area (Å²) in [6.45, 7) is 6.18. The summed E-state index contributed by atoms with van der Waals surface area (Å²) in [5, 5.41) is 26.1. The average molecular weight is 455 g/mol. The molecule has 0 radical (unpaired) electrons. The van der Waals surface area contributed by atoms with E-state index in [9.17, 15) is 20.0 Å². The molecule has 0 saturated heterocycles. The van der Waals surface area contributed by atoms with Crippen LogP contribution in [0.1, 0.15) is 52.9 Å². The Balaban J connectivity index is 0.000000320. The van der Waals surface area contributed by atoms with E-state index < -0.39 is 12.1 Å². The summed E-state index contributed by atoms with van der Waals surface area (Å²) in [6.07, 6.45) is 4.64. The Hall–Kier alpha value is -2.56. The molecule has 2 rings (SSSR count). The number of benzene rings is 1. The number of nitrogens with zero attached hydrogens (tertiary/aromatic N) is 2. The molecule has 0 spiro atoms. The molecule has 0 bridgehead atoms. The molecule has 1 aliphatic rings.